The number of carbonyl (C=O) groups excluding carboxylic acids is 1. The van der Waals surface area contributed by atoms with Crippen molar-refractivity contribution in [1.29, 1.82) is 0 Å². The summed E-state index contributed by atoms with van der Waals surface area (Å²) in [6.45, 7) is 6.83. The molecule has 0 aromatic heterocycles. The summed E-state index contributed by atoms with van der Waals surface area (Å²) in [7, 11) is 0. The second kappa shape index (κ2) is 8.00. The topological polar surface area (TPSA) is 55.1 Å². The smallest absolute Gasteiger partial charge is 0.227 e. The summed E-state index contributed by atoms with van der Waals surface area (Å²) >= 11 is 0. The van der Waals surface area contributed by atoms with Crippen molar-refractivity contribution < 1.29 is 4.79 Å². The van der Waals surface area contributed by atoms with Crippen LogP contribution in [0.3, 0.4) is 0 Å². The second-order valence-electron chi connectivity index (χ2n) is 5.63. The van der Waals surface area contributed by atoms with E-state index < -0.39 is 0 Å². The maximum Gasteiger partial charge on any atom is 0.227 e. The average molecular weight is 277 g/mol. The van der Waals surface area contributed by atoms with E-state index in [0.29, 0.717) is 12.6 Å². The molecule has 1 aliphatic carbocycles. The van der Waals surface area contributed by atoms with Crippen molar-refractivity contribution in [1.82, 2.24) is 5.32 Å². The van der Waals surface area contributed by atoms with E-state index in [0.717, 1.165) is 31.6 Å². The first-order valence-corrected chi connectivity index (χ1v) is 7.09. The third kappa shape index (κ3) is 4.13. The van der Waals surface area contributed by atoms with Gasteiger partial charge in [-0.1, -0.05) is 33.6 Å². The molecule has 0 aliphatic heterocycles. The molecule has 3 N–H and O–H groups in total. The van der Waals surface area contributed by atoms with Crippen LogP contribution in [0.1, 0.15) is 59.3 Å². The molecule has 0 heterocycles. The van der Waals surface area contributed by atoms with Crippen molar-refractivity contribution >= 4 is 18.3 Å². The molecule has 18 heavy (non-hydrogen) atoms. The van der Waals surface area contributed by atoms with Gasteiger partial charge in [0.1, 0.15) is 0 Å². The van der Waals surface area contributed by atoms with Crippen molar-refractivity contribution in [2.24, 2.45) is 17.1 Å². The zero-order chi connectivity index (χ0) is 12.9. The van der Waals surface area contributed by atoms with Gasteiger partial charge in [0.2, 0.25) is 5.91 Å². The Bertz CT molecular complexity index is 246. The zero-order valence-corrected chi connectivity index (χ0v) is 12.8. The minimum absolute atomic E-state index is 0. The summed E-state index contributed by atoms with van der Waals surface area (Å²) in [6.07, 6.45) is 6.45. The highest BCUT2D eigenvalue weighted by Crippen LogP contribution is 2.28. The molecule has 2 unspecified atom stereocenters. The van der Waals surface area contributed by atoms with Crippen LogP contribution in [0, 0.1) is 11.3 Å². The van der Waals surface area contributed by atoms with Crippen LogP contribution < -0.4 is 11.1 Å². The standard InChI is InChI=1S/C14H28N2O.ClH/c1-4-14(5-2,10-15)13(17)16-12-8-6-7-11(3)9-12;/h11-12H,4-10,15H2,1-3H3,(H,16,17);1H. The molecule has 2 atom stereocenters. The van der Waals surface area contributed by atoms with E-state index in [1.54, 1.807) is 0 Å². The SMILES string of the molecule is CCC(CC)(CN)C(=O)NC1CCCC(C)C1.Cl. The van der Waals surface area contributed by atoms with E-state index in [1.165, 1.54) is 12.8 Å². The molecule has 1 rings (SSSR count). The molecule has 1 amide bonds. The molecule has 0 spiro atoms. The molecule has 3 nitrogen and oxygen atoms in total. The molecule has 1 aliphatic rings. The third-order valence-corrected chi connectivity index (χ3v) is 4.50. The van der Waals surface area contributed by atoms with Gasteiger partial charge in [-0.15, -0.1) is 12.4 Å². The highest BCUT2D eigenvalue weighted by Gasteiger charge is 2.34. The Morgan fingerprint density at radius 2 is 1.94 bits per heavy atom. The fourth-order valence-electron chi connectivity index (χ4n) is 2.86. The monoisotopic (exact) mass is 276 g/mol. The largest absolute Gasteiger partial charge is 0.353 e. The van der Waals surface area contributed by atoms with E-state index in [4.69, 9.17) is 5.73 Å². The summed E-state index contributed by atoms with van der Waals surface area (Å²) in [5.74, 6) is 0.911. The number of nitrogens with one attached hydrogen (secondary N) is 1. The Morgan fingerprint density at radius 3 is 2.39 bits per heavy atom. The third-order valence-electron chi connectivity index (χ3n) is 4.50. The van der Waals surface area contributed by atoms with E-state index in [-0.39, 0.29) is 23.7 Å². The molecule has 1 fully saturated rings. The van der Waals surface area contributed by atoms with E-state index in [1.807, 2.05) is 0 Å². The molecule has 0 aromatic carbocycles. The molecule has 1 saturated carbocycles. The van der Waals surface area contributed by atoms with E-state index in [2.05, 4.69) is 26.1 Å². The van der Waals surface area contributed by atoms with Gasteiger partial charge in [0.25, 0.3) is 0 Å². The molecule has 0 radical (unpaired) electrons. The van der Waals surface area contributed by atoms with E-state index >= 15 is 0 Å². The number of rotatable bonds is 5. The summed E-state index contributed by atoms with van der Waals surface area (Å²) in [5.41, 5.74) is 5.45. The quantitative estimate of drug-likeness (QED) is 0.811. The van der Waals surface area contributed by atoms with Crippen LogP contribution in [-0.2, 0) is 4.79 Å². The summed E-state index contributed by atoms with van der Waals surface area (Å²) in [6, 6.07) is 0.371. The number of hydrogen-bond acceptors (Lipinski definition) is 2. The normalized spacial score (nSPS) is 24.2. The van der Waals surface area contributed by atoms with E-state index in [9.17, 15) is 4.79 Å². The van der Waals surface area contributed by atoms with Crippen LogP contribution in [0.4, 0.5) is 0 Å². The summed E-state index contributed by atoms with van der Waals surface area (Å²) < 4.78 is 0. The zero-order valence-electron chi connectivity index (χ0n) is 12.0. The summed E-state index contributed by atoms with van der Waals surface area (Å²) in [4.78, 5) is 12.3. The lowest BCUT2D eigenvalue weighted by atomic mass is 9.80. The first-order valence-electron chi connectivity index (χ1n) is 7.09. The Balaban J connectivity index is 0.00000289. The van der Waals surface area contributed by atoms with Crippen molar-refractivity contribution in [3.8, 4) is 0 Å². The number of hydrogen-bond donors (Lipinski definition) is 2. The van der Waals surface area contributed by atoms with Gasteiger partial charge >= 0.3 is 0 Å². The predicted molar refractivity (Wildman–Crippen MR) is 78.9 cm³/mol. The van der Waals surface area contributed by atoms with Gasteiger partial charge in [0, 0.05) is 12.6 Å². The van der Waals surface area contributed by atoms with Crippen molar-refractivity contribution in [2.45, 2.75) is 65.3 Å². The van der Waals surface area contributed by atoms with Crippen molar-refractivity contribution in [3.05, 3.63) is 0 Å². The minimum atomic E-state index is -0.347. The van der Waals surface area contributed by atoms with Gasteiger partial charge in [-0.25, -0.2) is 0 Å². The van der Waals surface area contributed by atoms with Crippen LogP contribution in [-0.4, -0.2) is 18.5 Å². The molecule has 0 saturated heterocycles. The Kier molecular flexibility index (Phi) is 7.88. The fourth-order valence-corrected chi connectivity index (χ4v) is 2.86. The number of amides is 1. The Morgan fingerprint density at radius 1 is 1.33 bits per heavy atom. The van der Waals surface area contributed by atoms with Gasteiger partial charge < -0.3 is 11.1 Å². The minimum Gasteiger partial charge on any atom is -0.353 e. The lowest BCUT2D eigenvalue weighted by Crippen LogP contribution is -2.49. The highest BCUT2D eigenvalue weighted by molar-refractivity contribution is 5.85. The predicted octanol–water partition coefficient (Wildman–Crippen LogP) is 2.87. The molecule has 0 bridgehead atoms. The van der Waals surface area contributed by atoms with Crippen molar-refractivity contribution in [2.75, 3.05) is 6.54 Å². The van der Waals surface area contributed by atoms with Crippen molar-refractivity contribution in [3.63, 3.8) is 0 Å². The highest BCUT2D eigenvalue weighted by atomic mass is 35.5. The van der Waals surface area contributed by atoms with Crippen LogP contribution in [0.25, 0.3) is 0 Å². The molecule has 4 heteroatoms. The average Bonchev–Trinajstić information content (AvgIpc) is 2.32. The van der Waals surface area contributed by atoms with Gasteiger partial charge in [-0.05, 0) is 31.6 Å². The van der Waals surface area contributed by atoms with Gasteiger partial charge in [0.15, 0.2) is 0 Å². The summed E-state index contributed by atoms with van der Waals surface area (Å²) in [5, 5.41) is 3.22. The van der Waals surface area contributed by atoms with Crippen LogP contribution >= 0.6 is 12.4 Å². The van der Waals surface area contributed by atoms with Gasteiger partial charge in [-0.3, -0.25) is 4.79 Å². The van der Waals surface area contributed by atoms with Gasteiger partial charge in [-0.2, -0.15) is 0 Å². The molecular weight excluding hydrogens is 248 g/mol. The first-order chi connectivity index (χ1) is 8.07. The molecule has 0 aromatic rings. The second-order valence-corrected chi connectivity index (χ2v) is 5.63. The maximum absolute atomic E-state index is 12.3. The lowest BCUT2D eigenvalue weighted by molar-refractivity contribution is -0.132. The first kappa shape index (κ1) is 17.7. The number of halogens is 1. The van der Waals surface area contributed by atoms with Crippen LogP contribution in [0.15, 0.2) is 0 Å². The van der Waals surface area contributed by atoms with Gasteiger partial charge in [0.05, 0.1) is 5.41 Å². The molecule has 108 valence electrons. The fraction of sp³-hybridized carbons (Fsp3) is 0.929. The van der Waals surface area contributed by atoms with Crippen LogP contribution in [0.2, 0.25) is 0 Å². The Hall–Kier alpha value is -0.280. The molecular formula is C14H29ClN2O. The number of nitrogens with two attached hydrogens (primary N) is 1. The van der Waals surface area contributed by atoms with Crippen LogP contribution in [0.5, 0.6) is 0 Å². The Labute approximate surface area is 118 Å². The maximum atomic E-state index is 12.3. The number of carbonyl (C=O) groups is 1. The lowest BCUT2D eigenvalue weighted by Gasteiger charge is -2.33.